The van der Waals surface area contributed by atoms with Gasteiger partial charge in [0.25, 0.3) is 0 Å². The molecule has 0 radical (unpaired) electrons. The lowest BCUT2D eigenvalue weighted by Crippen LogP contribution is -2.26. The van der Waals surface area contributed by atoms with Crippen molar-refractivity contribution in [3.8, 4) is 5.75 Å². The summed E-state index contributed by atoms with van der Waals surface area (Å²) in [7, 11) is 1.44. The van der Waals surface area contributed by atoms with Gasteiger partial charge in [0.15, 0.2) is 11.6 Å². The Labute approximate surface area is 95.1 Å². The van der Waals surface area contributed by atoms with Gasteiger partial charge in [0.05, 0.1) is 13.2 Å². The molecule has 0 saturated carbocycles. The van der Waals surface area contributed by atoms with Crippen LogP contribution in [0.25, 0.3) is 0 Å². The molecule has 0 aliphatic heterocycles. The van der Waals surface area contributed by atoms with E-state index in [1.165, 1.54) is 13.2 Å². The zero-order valence-corrected chi connectivity index (χ0v) is 9.75. The summed E-state index contributed by atoms with van der Waals surface area (Å²) in [5, 5.41) is 0. The average molecular weight is 224 g/mol. The molecule has 4 heteroatoms. The van der Waals surface area contributed by atoms with E-state index in [-0.39, 0.29) is 17.6 Å². The maximum absolute atomic E-state index is 13.5. The molecule has 0 spiro atoms. The van der Waals surface area contributed by atoms with Gasteiger partial charge in [0.2, 0.25) is 0 Å². The lowest BCUT2D eigenvalue weighted by molar-refractivity contribution is 0.386. The van der Waals surface area contributed by atoms with E-state index in [0.717, 1.165) is 11.1 Å². The molecular formula is C12H17FN2O. The van der Waals surface area contributed by atoms with Gasteiger partial charge in [-0.25, -0.2) is 9.82 Å². The molecule has 1 unspecified atom stereocenters. The molecule has 0 aliphatic carbocycles. The Morgan fingerprint density at radius 1 is 1.50 bits per heavy atom. The number of nitrogens with two attached hydrogens (primary N) is 1. The van der Waals surface area contributed by atoms with Gasteiger partial charge in [-0.3, -0.25) is 5.84 Å². The van der Waals surface area contributed by atoms with Gasteiger partial charge in [-0.2, -0.15) is 0 Å². The highest BCUT2D eigenvalue weighted by Crippen LogP contribution is 2.22. The number of hydrazine groups is 1. The van der Waals surface area contributed by atoms with Crippen molar-refractivity contribution in [1.82, 2.24) is 5.43 Å². The van der Waals surface area contributed by atoms with Crippen molar-refractivity contribution >= 4 is 0 Å². The van der Waals surface area contributed by atoms with E-state index in [1.807, 2.05) is 19.9 Å². The van der Waals surface area contributed by atoms with Gasteiger partial charge in [-0.1, -0.05) is 17.7 Å². The van der Waals surface area contributed by atoms with Crippen molar-refractivity contribution in [2.75, 3.05) is 7.11 Å². The minimum Gasteiger partial charge on any atom is -0.494 e. The highest BCUT2D eigenvalue weighted by Gasteiger charge is 2.10. The molecule has 0 bridgehead atoms. The van der Waals surface area contributed by atoms with Crippen molar-refractivity contribution in [3.63, 3.8) is 0 Å². The number of hydrogen-bond donors (Lipinski definition) is 2. The monoisotopic (exact) mass is 224 g/mol. The van der Waals surface area contributed by atoms with Gasteiger partial charge in [0.1, 0.15) is 0 Å². The number of rotatable bonds is 4. The third-order valence-electron chi connectivity index (χ3n) is 2.21. The molecule has 0 fully saturated rings. The normalized spacial score (nSPS) is 12.1. The maximum atomic E-state index is 13.5. The highest BCUT2D eigenvalue weighted by molar-refractivity contribution is 5.33. The SMILES string of the molecule is COc1ccc(C(C=C(C)C)NN)cc1F. The van der Waals surface area contributed by atoms with Crippen LogP contribution < -0.4 is 16.0 Å². The molecule has 88 valence electrons. The predicted octanol–water partition coefficient (Wildman–Crippen LogP) is 2.30. The number of ether oxygens (including phenoxy) is 1. The number of allylic oxidation sites excluding steroid dienone is 1. The molecule has 0 amide bonds. The van der Waals surface area contributed by atoms with Crippen LogP contribution in [0.15, 0.2) is 29.8 Å². The van der Waals surface area contributed by atoms with Gasteiger partial charge in [-0.15, -0.1) is 0 Å². The fourth-order valence-corrected chi connectivity index (χ4v) is 1.45. The van der Waals surface area contributed by atoms with Crippen molar-refractivity contribution in [3.05, 3.63) is 41.2 Å². The van der Waals surface area contributed by atoms with E-state index in [4.69, 9.17) is 10.6 Å². The molecule has 0 aromatic heterocycles. The molecule has 16 heavy (non-hydrogen) atoms. The zero-order chi connectivity index (χ0) is 12.1. The minimum atomic E-state index is -0.387. The Morgan fingerprint density at radius 3 is 2.62 bits per heavy atom. The molecule has 1 aromatic rings. The summed E-state index contributed by atoms with van der Waals surface area (Å²) in [6.45, 7) is 3.93. The largest absolute Gasteiger partial charge is 0.494 e. The third kappa shape index (κ3) is 3.05. The molecule has 1 atom stereocenters. The third-order valence-corrected chi connectivity index (χ3v) is 2.21. The van der Waals surface area contributed by atoms with Crippen LogP contribution in [0.2, 0.25) is 0 Å². The topological polar surface area (TPSA) is 47.3 Å². The minimum absolute atomic E-state index is 0.189. The summed E-state index contributed by atoms with van der Waals surface area (Å²) >= 11 is 0. The van der Waals surface area contributed by atoms with E-state index in [2.05, 4.69) is 5.43 Å². The van der Waals surface area contributed by atoms with Crippen LogP contribution in [0.4, 0.5) is 4.39 Å². The average Bonchev–Trinajstić information content (AvgIpc) is 2.25. The summed E-state index contributed by atoms with van der Waals surface area (Å²) in [5.74, 6) is 5.27. The fraction of sp³-hybridized carbons (Fsp3) is 0.333. The van der Waals surface area contributed by atoms with Gasteiger partial charge in [-0.05, 0) is 31.5 Å². The second-order valence-electron chi connectivity index (χ2n) is 3.78. The first-order valence-electron chi connectivity index (χ1n) is 5.03. The number of halogens is 1. The van der Waals surface area contributed by atoms with Crippen LogP contribution in [0.1, 0.15) is 25.5 Å². The van der Waals surface area contributed by atoms with Crippen molar-refractivity contribution in [2.24, 2.45) is 5.84 Å². The molecule has 0 saturated heterocycles. The van der Waals surface area contributed by atoms with Gasteiger partial charge < -0.3 is 4.74 Å². The summed E-state index contributed by atoms with van der Waals surface area (Å²) in [4.78, 5) is 0. The molecule has 1 rings (SSSR count). The maximum Gasteiger partial charge on any atom is 0.165 e. The summed E-state index contributed by atoms with van der Waals surface area (Å²) in [5.41, 5.74) is 4.51. The van der Waals surface area contributed by atoms with E-state index in [1.54, 1.807) is 12.1 Å². The number of benzene rings is 1. The first-order valence-corrected chi connectivity index (χ1v) is 5.03. The van der Waals surface area contributed by atoms with E-state index < -0.39 is 0 Å². The molecular weight excluding hydrogens is 207 g/mol. The first-order chi connectivity index (χ1) is 7.58. The molecule has 1 aromatic carbocycles. The van der Waals surface area contributed by atoms with Crippen LogP contribution >= 0.6 is 0 Å². The molecule has 3 nitrogen and oxygen atoms in total. The zero-order valence-electron chi connectivity index (χ0n) is 9.75. The fourth-order valence-electron chi connectivity index (χ4n) is 1.45. The standard InChI is InChI=1S/C12H17FN2O/c1-8(2)6-11(15-14)9-4-5-12(16-3)10(13)7-9/h4-7,11,15H,14H2,1-3H3. The first kappa shape index (κ1) is 12.7. The second kappa shape index (κ2) is 5.63. The van der Waals surface area contributed by atoms with E-state index >= 15 is 0 Å². The molecule has 3 N–H and O–H groups in total. The summed E-state index contributed by atoms with van der Waals surface area (Å²) in [6, 6.07) is 4.60. The lowest BCUT2D eigenvalue weighted by Gasteiger charge is -2.13. The van der Waals surface area contributed by atoms with E-state index in [0.29, 0.717) is 0 Å². The van der Waals surface area contributed by atoms with Gasteiger partial charge >= 0.3 is 0 Å². The summed E-state index contributed by atoms with van der Waals surface area (Å²) < 4.78 is 18.3. The van der Waals surface area contributed by atoms with E-state index in [9.17, 15) is 4.39 Å². The Morgan fingerprint density at radius 2 is 2.19 bits per heavy atom. The van der Waals surface area contributed by atoms with Crippen molar-refractivity contribution < 1.29 is 9.13 Å². The Hall–Kier alpha value is -1.39. The highest BCUT2D eigenvalue weighted by atomic mass is 19.1. The number of nitrogens with one attached hydrogen (secondary N) is 1. The van der Waals surface area contributed by atoms with Crippen LogP contribution in [0, 0.1) is 5.82 Å². The van der Waals surface area contributed by atoms with Crippen LogP contribution in [0.3, 0.4) is 0 Å². The smallest absolute Gasteiger partial charge is 0.165 e. The van der Waals surface area contributed by atoms with Crippen LogP contribution in [0.5, 0.6) is 5.75 Å². The molecule has 0 aliphatic rings. The van der Waals surface area contributed by atoms with Crippen LogP contribution in [-0.2, 0) is 0 Å². The lowest BCUT2D eigenvalue weighted by atomic mass is 10.0. The van der Waals surface area contributed by atoms with Crippen LogP contribution in [-0.4, -0.2) is 7.11 Å². The Bertz CT molecular complexity index is 387. The Kier molecular flexibility index (Phi) is 4.46. The van der Waals surface area contributed by atoms with Crippen molar-refractivity contribution in [2.45, 2.75) is 19.9 Å². The summed E-state index contributed by atoms with van der Waals surface area (Å²) in [6.07, 6.45) is 1.93. The second-order valence-corrected chi connectivity index (χ2v) is 3.78. The Balaban J connectivity index is 3.03. The molecule has 0 heterocycles. The van der Waals surface area contributed by atoms with Crippen molar-refractivity contribution in [1.29, 1.82) is 0 Å². The van der Waals surface area contributed by atoms with Gasteiger partial charge in [0, 0.05) is 0 Å². The number of methoxy groups -OCH3 is 1. The quantitative estimate of drug-likeness (QED) is 0.468. The number of hydrogen-bond acceptors (Lipinski definition) is 3. The predicted molar refractivity (Wildman–Crippen MR) is 62.4 cm³/mol.